The van der Waals surface area contributed by atoms with E-state index in [0.29, 0.717) is 0 Å². The number of imidazole rings is 1. The van der Waals surface area contributed by atoms with E-state index in [0.717, 1.165) is 17.3 Å². The van der Waals surface area contributed by atoms with Gasteiger partial charge in [0.1, 0.15) is 0 Å². The number of nitrogens with two attached hydrogens (primary N) is 1. The minimum Gasteiger partial charge on any atom is -0.329 e. The first-order chi connectivity index (χ1) is 7.66. The Morgan fingerprint density at radius 1 is 1.38 bits per heavy atom. The Balaban J connectivity index is 2.20. The normalized spacial score (nSPS) is 12.7. The van der Waals surface area contributed by atoms with E-state index in [4.69, 9.17) is 17.3 Å². The average molecular weight is 236 g/mol. The summed E-state index contributed by atoms with van der Waals surface area (Å²) in [7, 11) is 0. The molecule has 16 heavy (non-hydrogen) atoms. The summed E-state index contributed by atoms with van der Waals surface area (Å²) in [4.78, 5) is 4.11. The van der Waals surface area contributed by atoms with Gasteiger partial charge in [-0.3, -0.25) is 0 Å². The molecule has 0 fully saturated rings. The van der Waals surface area contributed by atoms with Crippen molar-refractivity contribution in [3.63, 3.8) is 0 Å². The molecule has 0 amide bonds. The average Bonchev–Trinajstić information content (AvgIpc) is 2.69. The van der Waals surface area contributed by atoms with Gasteiger partial charge in [0.15, 0.2) is 0 Å². The van der Waals surface area contributed by atoms with E-state index in [-0.39, 0.29) is 6.04 Å². The molecule has 0 saturated carbocycles. The molecule has 3 nitrogen and oxygen atoms in total. The van der Waals surface area contributed by atoms with E-state index in [1.807, 2.05) is 35.8 Å². The van der Waals surface area contributed by atoms with E-state index in [2.05, 4.69) is 4.98 Å². The lowest BCUT2D eigenvalue weighted by atomic mass is 10.2. The molecule has 2 aromatic rings. The highest BCUT2D eigenvalue weighted by Crippen LogP contribution is 2.14. The van der Waals surface area contributed by atoms with E-state index >= 15 is 0 Å². The third-order valence-electron chi connectivity index (χ3n) is 2.48. The monoisotopic (exact) mass is 235 g/mol. The third-order valence-corrected chi connectivity index (χ3v) is 2.73. The maximum atomic E-state index is 5.85. The molecule has 2 N–H and O–H groups in total. The highest BCUT2D eigenvalue weighted by molar-refractivity contribution is 6.30. The molecule has 1 aromatic heterocycles. The topological polar surface area (TPSA) is 43.8 Å². The van der Waals surface area contributed by atoms with Crippen molar-refractivity contribution in [3.05, 3.63) is 53.1 Å². The highest BCUT2D eigenvalue weighted by Gasteiger charge is 2.06. The van der Waals surface area contributed by atoms with Gasteiger partial charge < -0.3 is 10.3 Å². The Bertz CT molecular complexity index is 459. The lowest BCUT2D eigenvalue weighted by Crippen LogP contribution is -2.12. The molecule has 0 saturated heterocycles. The van der Waals surface area contributed by atoms with Crippen LogP contribution in [0.5, 0.6) is 0 Å². The lowest BCUT2D eigenvalue weighted by Gasteiger charge is -2.10. The molecule has 1 atom stereocenters. The Hall–Kier alpha value is -1.32. The van der Waals surface area contributed by atoms with Crippen molar-refractivity contribution >= 4 is 11.6 Å². The quantitative estimate of drug-likeness (QED) is 0.889. The fourth-order valence-electron chi connectivity index (χ4n) is 1.63. The van der Waals surface area contributed by atoms with Crippen LogP contribution in [0.4, 0.5) is 0 Å². The van der Waals surface area contributed by atoms with Crippen LogP contribution in [0.1, 0.15) is 24.2 Å². The molecule has 0 unspecified atom stereocenters. The third kappa shape index (κ3) is 2.43. The number of hydrogen-bond acceptors (Lipinski definition) is 2. The van der Waals surface area contributed by atoms with Gasteiger partial charge in [-0.15, -0.1) is 0 Å². The summed E-state index contributed by atoms with van der Waals surface area (Å²) in [5, 5.41) is 0.752. The molecule has 0 aliphatic rings. The van der Waals surface area contributed by atoms with Gasteiger partial charge in [-0.05, 0) is 24.6 Å². The molecule has 0 radical (unpaired) electrons. The second-order valence-corrected chi connectivity index (χ2v) is 4.30. The van der Waals surface area contributed by atoms with Gasteiger partial charge in [-0.2, -0.15) is 0 Å². The minimum absolute atomic E-state index is 0.00481. The van der Waals surface area contributed by atoms with Crippen LogP contribution in [0.15, 0.2) is 36.8 Å². The molecule has 0 bridgehead atoms. The summed E-state index contributed by atoms with van der Waals surface area (Å²) < 4.78 is 2.05. The molecule has 1 aromatic carbocycles. The molecule has 0 aliphatic carbocycles. The zero-order valence-electron chi connectivity index (χ0n) is 9.10. The first-order valence-electron chi connectivity index (χ1n) is 5.17. The van der Waals surface area contributed by atoms with Gasteiger partial charge in [-0.1, -0.05) is 23.7 Å². The minimum atomic E-state index is -0.00481. The van der Waals surface area contributed by atoms with Gasteiger partial charge in [0.05, 0.1) is 12.0 Å². The maximum absolute atomic E-state index is 5.85. The Morgan fingerprint density at radius 2 is 2.06 bits per heavy atom. The number of benzene rings is 1. The van der Waals surface area contributed by atoms with Crippen molar-refractivity contribution in [2.75, 3.05) is 0 Å². The van der Waals surface area contributed by atoms with Crippen molar-refractivity contribution in [1.82, 2.24) is 9.55 Å². The predicted molar refractivity (Wildman–Crippen MR) is 65.4 cm³/mol. The van der Waals surface area contributed by atoms with Crippen molar-refractivity contribution in [3.8, 4) is 0 Å². The van der Waals surface area contributed by atoms with E-state index in [9.17, 15) is 0 Å². The van der Waals surface area contributed by atoms with Crippen LogP contribution in [0.2, 0.25) is 5.02 Å². The smallest absolute Gasteiger partial charge is 0.0951 e. The summed E-state index contributed by atoms with van der Waals surface area (Å²) >= 11 is 5.84. The van der Waals surface area contributed by atoms with Crippen molar-refractivity contribution < 1.29 is 0 Å². The molecule has 1 heterocycles. The molecular weight excluding hydrogens is 222 g/mol. The van der Waals surface area contributed by atoms with Crippen LogP contribution in [0, 0.1) is 0 Å². The van der Waals surface area contributed by atoms with Crippen LogP contribution < -0.4 is 5.73 Å². The summed E-state index contributed by atoms with van der Waals surface area (Å²) in [6, 6.07) is 7.79. The number of halogens is 1. The number of rotatable bonds is 3. The fraction of sp³-hybridized carbons (Fsp3) is 0.250. The SMILES string of the molecule is C[C@H](N)c1cncn1Cc1ccc(Cl)cc1. The molecule has 0 aliphatic heterocycles. The van der Waals surface area contributed by atoms with Gasteiger partial charge >= 0.3 is 0 Å². The molecular formula is C12H14ClN3. The Labute approximate surface area is 99.9 Å². The second-order valence-electron chi connectivity index (χ2n) is 3.86. The van der Waals surface area contributed by atoms with Crippen LogP contribution >= 0.6 is 11.6 Å². The number of aromatic nitrogens is 2. The summed E-state index contributed by atoms with van der Waals surface area (Å²) in [5.74, 6) is 0. The van der Waals surface area contributed by atoms with Crippen molar-refractivity contribution in [2.24, 2.45) is 5.73 Å². The largest absolute Gasteiger partial charge is 0.329 e. The Morgan fingerprint density at radius 3 is 2.69 bits per heavy atom. The Kier molecular flexibility index (Phi) is 3.27. The summed E-state index contributed by atoms with van der Waals surface area (Å²) in [6.45, 7) is 2.73. The lowest BCUT2D eigenvalue weighted by molar-refractivity contribution is 0.674. The zero-order valence-corrected chi connectivity index (χ0v) is 9.85. The molecule has 2 rings (SSSR count). The summed E-state index contributed by atoms with van der Waals surface area (Å²) in [6.07, 6.45) is 3.61. The second kappa shape index (κ2) is 4.68. The van der Waals surface area contributed by atoms with Crippen LogP contribution in [-0.4, -0.2) is 9.55 Å². The van der Waals surface area contributed by atoms with Gasteiger partial charge in [-0.25, -0.2) is 4.98 Å². The zero-order chi connectivity index (χ0) is 11.5. The van der Waals surface area contributed by atoms with Crippen LogP contribution in [-0.2, 0) is 6.54 Å². The molecule has 0 spiro atoms. The van der Waals surface area contributed by atoms with Gasteiger partial charge in [0.25, 0.3) is 0 Å². The van der Waals surface area contributed by atoms with E-state index < -0.39 is 0 Å². The van der Waals surface area contributed by atoms with Crippen LogP contribution in [0.25, 0.3) is 0 Å². The number of nitrogens with zero attached hydrogens (tertiary/aromatic N) is 2. The van der Waals surface area contributed by atoms with Gasteiger partial charge in [0.2, 0.25) is 0 Å². The predicted octanol–water partition coefficient (Wildman–Crippen LogP) is 2.60. The van der Waals surface area contributed by atoms with Crippen molar-refractivity contribution in [1.29, 1.82) is 0 Å². The molecule has 4 heteroatoms. The van der Waals surface area contributed by atoms with Gasteiger partial charge in [0, 0.05) is 23.8 Å². The van der Waals surface area contributed by atoms with Crippen LogP contribution in [0.3, 0.4) is 0 Å². The van der Waals surface area contributed by atoms with Crippen molar-refractivity contribution in [2.45, 2.75) is 19.5 Å². The van der Waals surface area contributed by atoms with E-state index in [1.54, 1.807) is 12.5 Å². The highest BCUT2D eigenvalue weighted by atomic mass is 35.5. The summed E-state index contributed by atoms with van der Waals surface area (Å²) in [5.41, 5.74) is 8.08. The maximum Gasteiger partial charge on any atom is 0.0951 e. The fourth-order valence-corrected chi connectivity index (χ4v) is 1.75. The number of hydrogen-bond donors (Lipinski definition) is 1. The van der Waals surface area contributed by atoms with E-state index in [1.165, 1.54) is 5.56 Å². The first-order valence-corrected chi connectivity index (χ1v) is 5.54. The first kappa shape index (κ1) is 11.2. The molecule has 84 valence electrons. The standard InChI is InChI=1S/C12H14ClN3/c1-9(14)12-6-15-8-16(12)7-10-2-4-11(13)5-3-10/h2-6,8-9H,7,14H2,1H3/t9-/m0/s1.